The molecule has 1 heterocycles. The van der Waals surface area contributed by atoms with Crippen LogP contribution in [-0.2, 0) is 4.79 Å². The minimum Gasteiger partial charge on any atom is -0.484 e. The maximum Gasteiger partial charge on any atom is 0.277 e. The molecule has 1 N–H and O–H groups in total. The van der Waals surface area contributed by atoms with Crippen LogP contribution in [0.3, 0.4) is 0 Å². The fourth-order valence-corrected chi connectivity index (χ4v) is 2.81. The summed E-state index contributed by atoms with van der Waals surface area (Å²) in [7, 11) is 0. The predicted molar refractivity (Wildman–Crippen MR) is 95.3 cm³/mol. The normalized spacial score (nSPS) is 12.3. The zero-order valence-corrected chi connectivity index (χ0v) is 14.3. The van der Waals surface area contributed by atoms with Gasteiger partial charge in [0.25, 0.3) is 5.91 Å². The van der Waals surface area contributed by atoms with E-state index in [-0.39, 0.29) is 12.5 Å². The van der Waals surface area contributed by atoms with Crippen LogP contribution in [0, 0.1) is 0 Å². The van der Waals surface area contributed by atoms with Crippen molar-refractivity contribution in [3.63, 3.8) is 0 Å². The molecule has 0 aliphatic carbocycles. The molecule has 1 atom stereocenters. The van der Waals surface area contributed by atoms with Gasteiger partial charge in [-0.2, -0.15) is 16.4 Å². The number of hydrazone groups is 1. The largest absolute Gasteiger partial charge is 0.484 e. The van der Waals surface area contributed by atoms with E-state index in [9.17, 15) is 4.79 Å². The second-order valence-corrected chi connectivity index (χ2v) is 6.18. The fraction of sp³-hybridized carbons (Fsp3) is 0.333. The molecular formula is C18H22N2O2S. The van der Waals surface area contributed by atoms with Gasteiger partial charge in [0.1, 0.15) is 5.75 Å². The number of thiophene rings is 1. The SMILES string of the molecule is CCC[C@@H](C)c1ccc(OCC(=O)N/N=C\c2ccsc2)cc1. The number of carbonyl (C=O) groups excluding carboxylic acids is 1. The summed E-state index contributed by atoms with van der Waals surface area (Å²) in [6.07, 6.45) is 3.95. The second-order valence-electron chi connectivity index (χ2n) is 5.40. The van der Waals surface area contributed by atoms with Crippen LogP contribution < -0.4 is 10.2 Å². The number of nitrogens with one attached hydrogen (secondary N) is 1. The van der Waals surface area contributed by atoms with E-state index in [1.165, 1.54) is 18.4 Å². The van der Waals surface area contributed by atoms with Crippen LogP contribution in [0.15, 0.2) is 46.2 Å². The lowest BCUT2D eigenvalue weighted by atomic mass is 9.97. The Morgan fingerprint density at radius 2 is 2.13 bits per heavy atom. The summed E-state index contributed by atoms with van der Waals surface area (Å²) < 4.78 is 5.47. The Labute approximate surface area is 141 Å². The molecule has 0 saturated heterocycles. The zero-order chi connectivity index (χ0) is 16.5. The highest BCUT2D eigenvalue weighted by Gasteiger charge is 2.05. The summed E-state index contributed by atoms with van der Waals surface area (Å²) in [4.78, 5) is 11.7. The van der Waals surface area contributed by atoms with Gasteiger partial charge >= 0.3 is 0 Å². The molecule has 0 fully saturated rings. The Bertz CT molecular complexity index is 621. The molecule has 0 saturated carbocycles. The molecule has 122 valence electrons. The molecule has 1 aromatic carbocycles. The minimum absolute atomic E-state index is 0.0508. The molecule has 0 unspecified atom stereocenters. The molecule has 2 aromatic rings. The highest BCUT2D eigenvalue weighted by atomic mass is 32.1. The van der Waals surface area contributed by atoms with E-state index in [0.29, 0.717) is 11.7 Å². The van der Waals surface area contributed by atoms with Gasteiger partial charge in [-0.25, -0.2) is 5.43 Å². The average molecular weight is 330 g/mol. The average Bonchev–Trinajstić information content (AvgIpc) is 3.07. The molecule has 1 aromatic heterocycles. The van der Waals surface area contributed by atoms with E-state index in [2.05, 4.69) is 36.5 Å². The Morgan fingerprint density at radius 1 is 1.35 bits per heavy atom. The molecule has 0 spiro atoms. The van der Waals surface area contributed by atoms with Crippen LogP contribution in [-0.4, -0.2) is 18.7 Å². The van der Waals surface area contributed by atoms with Crippen LogP contribution in [0.5, 0.6) is 5.75 Å². The third kappa shape index (κ3) is 5.87. The number of hydrogen-bond donors (Lipinski definition) is 1. The lowest BCUT2D eigenvalue weighted by molar-refractivity contribution is -0.123. The summed E-state index contributed by atoms with van der Waals surface area (Å²) in [6, 6.07) is 9.86. The first-order valence-electron chi connectivity index (χ1n) is 7.76. The van der Waals surface area contributed by atoms with E-state index in [4.69, 9.17) is 4.74 Å². The highest BCUT2D eigenvalue weighted by molar-refractivity contribution is 7.08. The van der Waals surface area contributed by atoms with E-state index in [0.717, 1.165) is 5.56 Å². The Balaban J connectivity index is 1.75. The molecule has 23 heavy (non-hydrogen) atoms. The number of ether oxygens (including phenoxy) is 1. The third-order valence-electron chi connectivity index (χ3n) is 3.49. The highest BCUT2D eigenvalue weighted by Crippen LogP contribution is 2.22. The molecule has 4 nitrogen and oxygen atoms in total. The Morgan fingerprint density at radius 3 is 2.78 bits per heavy atom. The third-order valence-corrected chi connectivity index (χ3v) is 4.19. The summed E-state index contributed by atoms with van der Waals surface area (Å²) in [5.74, 6) is 0.957. The number of hydrogen-bond acceptors (Lipinski definition) is 4. The van der Waals surface area contributed by atoms with E-state index in [1.54, 1.807) is 17.6 Å². The van der Waals surface area contributed by atoms with Gasteiger partial charge in [0.2, 0.25) is 0 Å². The number of carbonyl (C=O) groups is 1. The number of nitrogens with zero attached hydrogens (tertiary/aromatic N) is 1. The lowest BCUT2D eigenvalue weighted by Gasteiger charge is -2.11. The molecule has 0 aliphatic heterocycles. The van der Waals surface area contributed by atoms with Gasteiger partial charge < -0.3 is 4.74 Å². The fourth-order valence-electron chi connectivity index (χ4n) is 2.20. The van der Waals surface area contributed by atoms with Gasteiger partial charge in [-0.3, -0.25) is 4.79 Å². The van der Waals surface area contributed by atoms with Gasteiger partial charge in [0, 0.05) is 5.56 Å². The van der Waals surface area contributed by atoms with Gasteiger partial charge in [-0.1, -0.05) is 32.4 Å². The van der Waals surface area contributed by atoms with Gasteiger partial charge in [0.15, 0.2) is 6.61 Å². The van der Waals surface area contributed by atoms with Crippen molar-refractivity contribution < 1.29 is 9.53 Å². The van der Waals surface area contributed by atoms with Crippen molar-refractivity contribution in [1.82, 2.24) is 5.43 Å². The van der Waals surface area contributed by atoms with E-state index >= 15 is 0 Å². The van der Waals surface area contributed by atoms with E-state index < -0.39 is 0 Å². The van der Waals surface area contributed by atoms with Crippen molar-refractivity contribution >= 4 is 23.5 Å². The Kier molecular flexibility index (Phi) is 6.81. The van der Waals surface area contributed by atoms with E-state index in [1.807, 2.05) is 29.0 Å². The van der Waals surface area contributed by atoms with Crippen LogP contribution in [0.2, 0.25) is 0 Å². The van der Waals surface area contributed by atoms with Gasteiger partial charge in [-0.05, 0) is 46.9 Å². The quantitative estimate of drug-likeness (QED) is 0.583. The first-order chi connectivity index (χ1) is 11.2. The zero-order valence-electron chi connectivity index (χ0n) is 13.5. The standard InChI is InChI=1S/C18H22N2O2S/c1-3-4-14(2)16-5-7-17(8-6-16)22-12-18(21)20-19-11-15-9-10-23-13-15/h5-11,13-14H,3-4,12H2,1-2H3,(H,20,21)/b19-11-/t14-/m1/s1. The van der Waals surface area contributed by atoms with Crippen molar-refractivity contribution in [2.45, 2.75) is 32.6 Å². The van der Waals surface area contributed by atoms with Crippen LogP contribution in [0.25, 0.3) is 0 Å². The smallest absolute Gasteiger partial charge is 0.277 e. The van der Waals surface area contributed by atoms with Crippen molar-refractivity contribution in [2.24, 2.45) is 5.10 Å². The number of benzene rings is 1. The Hall–Kier alpha value is -2.14. The molecule has 0 aliphatic rings. The molecule has 1 amide bonds. The van der Waals surface area contributed by atoms with Crippen LogP contribution in [0.1, 0.15) is 43.7 Å². The first-order valence-corrected chi connectivity index (χ1v) is 8.70. The van der Waals surface area contributed by atoms with Crippen molar-refractivity contribution in [3.8, 4) is 5.75 Å². The van der Waals surface area contributed by atoms with Crippen molar-refractivity contribution in [1.29, 1.82) is 0 Å². The minimum atomic E-state index is -0.278. The van der Waals surface area contributed by atoms with Crippen LogP contribution >= 0.6 is 11.3 Å². The van der Waals surface area contributed by atoms with Crippen LogP contribution in [0.4, 0.5) is 0 Å². The molecule has 5 heteroatoms. The van der Waals surface area contributed by atoms with Gasteiger partial charge in [0.05, 0.1) is 6.21 Å². The summed E-state index contributed by atoms with van der Waals surface area (Å²) in [6.45, 7) is 4.36. The molecular weight excluding hydrogens is 308 g/mol. The monoisotopic (exact) mass is 330 g/mol. The topological polar surface area (TPSA) is 50.7 Å². The maximum atomic E-state index is 11.7. The summed E-state index contributed by atoms with van der Waals surface area (Å²) >= 11 is 1.58. The summed E-state index contributed by atoms with van der Waals surface area (Å²) in [5, 5.41) is 7.79. The second kappa shape index (κ2) is 9.10. The molecule has 0 radical (unpaired) electrons. The molecule has 2 rings (SSSR count). The predicted octanol–water partition coefficient (Wildman–Crippen LogP) is 4.18. The maximum absolute atomic E-state index is 11.7. The first kappa shape index (κ1) is 17.2. The molecule has 0 bridgehead atoms. The lowest BCUT2D eigenvalue weighted by Crippen LogP contribution is -2.24. The van der Waals surface area contributed by atoms with Crippen molar-refractivity contribution in [2.75, 3.05) is 6.61 Å². The summed E-state index contributed by atoms with van der Waals surface area (Å²) in [5.41, 5.74) is 4.71. The number of amides is 1. The van der Waals surface area contributed by atoms with Crippen molar-refractivity contribution in [3.05, 3.63) is 52.2 Å². The van der Waals surface area contributed by atoms with Gasteiger partial charge in [-0.15, -0.1) is 0 Å². The number of rotatable bonds is 8.